The number of nitriles is 1. The molecule has 124 valence electrons. The standard InChI is InChI=1S/C18H14N4O3/c1-12(17(23)21-15-4-2-3-13(9-15)10-19)25-16-7-5-14(6-8-16)18-22-20-11-24-18/h2-9,11-12H,1H3,(H,21,23)/t12-/m1/s1. The Kier molecular flexibility index (Phi) is 4.72. The maximum atomic E-state index is 12.2. The smallest absolute Gasteiger partial charge is 0.265 e. The van der Waals surface area contributed by atoms with Crippen LogP contribution in [0.1, 0.15) is 12.5 Å². The Morgan fingerprint density at radius 3 is 2.76 bits per heavy atom. The van der Waals surface area contributed by atoms with Gasteiger partial charge in [0.15, 0.2) is 6.10 Å². The van der Waals surface area contributed by atoms with Gasteiger partial charge in [-0.1, -0.05) is 6.07 Å². The van der Waals surface area contributed by atoms with Crippen LogP contribution in [0.3, 0.4) is 0 Å². The van der Waals surface area contributed by atoms with Crippen molar-refractivity contribution in [3.05, 3.63) is 60.5 Å². The van der Waals surface area contributed by atoms with Gasteiger partial charge in [-0.15, -0.1) is 10.2 Å². The van der Waals surface area contributed by atoms with Gasteiger partial charge in [0.25, 0.3) is 5.91 Å². The van der Waals surface area contributed by atoms with E-state index in [2.05, 4.69) is 15.5 Å². The van der Waals surface area contributed by atoms with E-state index in [0.29, 0.717) is 22.9 Å². The quantitative estimate of drug-likeness (QED) is 0.769. The summed E-state index contributed by atoms with van der Waals surface area (Å²) < 4.78 is 10.7. The Morgan fingerprint density at radius 2 is 2.08 bits per heavy atom. The molecule has 25 heavy (non-hydrogen) atoms. The van der Waals surface area contributed by atoms with Crippen LogP contribution >= 0.6 is 0 Å². The molecule has 1 heterocycles. The van der Waals surface area contributed by atoms with Crippen molar-refractivity contribution in [1.82, 2.24) is 10.2 Å². The van der Waals surface area contributed by atoms with Gasteiger partial charge in [0.2, 0.25) is 12.3 Å². The minimum atomic E-state index is -0.708. The van der Waals surface area contributed by atoms with E-state index in [-0.39, 0.29) is 5.91 Å². The van der Waals surface area contributed by atoms with Crippen LogP contribution in [0.5, 0.6) is 5.75 Å². The van der Waals surface area contributed by atoms with E-state index in [1.54, 1.807) is 55.5 Å². The number of rotatable bonds is 5. The first kappa shape index (κ1) is 16.2. The summed E-state index contributed by atoms with van der Waals surface area (Å²) in [6.07, 6.45) is 0.549. The molecular weight excluding hydrogens is 320 g/mol. The van der Waals surface area contributed by atoms with Crippen LogP contribution in [0, 0.1) is 11.3 Å². The molecule has 0 saturated carbocycles. The lowest BCUT2D eigenvalue weighted by Gasteiger charge is -2.15. The summed E-state index contributed by atoms with van der Waals surface area (Å²) in [5, 5.41) is 19.1. The van der Waals surface area contributed by atoms with Crippen molar-refractivity contribution in [2.45, 2.75) is 13.0 Å². The molecule has 1 N–H and O–H groups in total. The number of carbonyl (C=O) groups excluding carboxylic acids is 1. The molecule has 7 nitrogen and oxygen atoms in total. The van der Waals surface area contributed by atoms with Gasteiger partial charge in [-0.25, -0.2) is 0 Å². The van der Waals surface area contributed by atoms with Gasteiger partial charge >= 0.3 is 0 Å². The number of aromatic nitrogens is 2. The zero-order valence-corrected chi connectivity index (χ0v) is 13.3. The second-order valence-corrected chi connectivity index (χ2v) is 5.21. The first-order valence-corrected chi connectivity index (χ1v) is 7.50. The highest BCUT2D eigenvalue weighted by molar-refractivity contribution is 5.94. The SMILES string of the molecule is C[C@@H](Oc1ccc(-c2nnco2)cc1)C(=O)Nc1cccc(C#N)c1. The largest absolute Gasteiger partial charge is 0.481 e. The molecule has 0 bridgehead atoms. The number of benzene rings is 2. The summed E-state index contributed by atoms with van der Waals surface area (Å²) in [6.45, 7) is 1.65. The van der Waals surface area contributed by atoms with Crippen LogP contribution in [0.2, 0.25) is 0 Å². The highest BCUT2D eigenvalue weighted by Gasteiger charge is 2.15. The molecule has 3 rings (SSSR count). The van der Waals surface area contributed by atoms with Gasteiger partial charge < -0.3 is 14.5 Å². The van der Waals surface area contributed by atoms with E-state index in [1.807, 2.05) is 6.07 Å². The first-order chi connectivity index (χ1) is 12.2. The average Bonchev–Trinajstić information content (AvgIpc) is 3.17. The van der Waals surface area contributed by atoms with Crippen molar-refractivity contribution in [2.24, 2.45) is 0 Å². The van der Waals surface area contributed by atoms with Gasteiger partial charge in [0.05, 0.1) is 11.6 Å². The Bertz CT molecular complexity index is 899. The highest BCUT2D eigenvalue weighted by Crippen LogP contribution is 2.21. The Hall–Kier alpha value is -3.66. The second-order valence-electron chi connectivity index (χ2n) is 5.21. The molecule has 0 aliphatic rings. The fraction of sp³-hybridized carbons (Fsp3) is 0.111. The fourth-order valence-corrected chi connectivity index (χ4v) is 2.14. The molecule has 7 heteroatoms. The van der Waals surface area contributed by atoms with Crippen molar-refractivity contribution in [1.29, 1.82) is 5.26 Å². The van der Waals surface area contributed by atoms with E-state index in [1.165, 1.54) is 6.39 Å². The van der Waals surface area contributed by atoms with Crippen LogP contribution in [0.25, 0.3) is 11.5 Å². The average molecular weight is 334 g/mol. The van der Waals surface area contributed by atoms with E-state index < -0.39 is 6.10 Å². The third-order valence-electron chi connectivity index (χ3n) is 3.40. The van der Waals surface area contributed by atoms with Gasteiger partial charge in [-0.05, 0) is 49.4 Å². The zero-order chi connectivity index (χ0) is 17.6. The number of hydrogen-bond donors (Lipinski definition) is 1. The molecule has 0 fully saturated rings. The summed E-state index contributed by atoms with van der Waals surface area (Å²) in [5.41, 5.74) is 1.78. The molecule has 1 atom stereocenters. The summed E-state index contributed by atoms with van der Waals surface area (Å²) in [6, 6.07) is 15.7. The normalized spacial score (nSPS) is 11.4. The number of hydrogen-bond acceptors (Lipinski definition) is 6. The van der Waals surface area contributed by atoms with Crippen LogP contribution in [-0.2, 0) is 4.79 Å². The first-order valence-electron chi connectivity index (χ1n) is 7.50. The molecule has 0 aliphatic carbocycles. The van der Waals surface area contributed by atoms with E-state index in [0.717, 1.165) is 5.56 Å². The summed E-state index contributed by atoms with van der Waals surface area (Å²) in [7, 11) is 0. The van der Waals surface area contributed by atoms with Gasteiger partial charge in [0, 0.05) is 11.3 Å². The molecule has 0 spiro atoms. The minimum Gasteiger partial charge on any atom is -0.481 e. The topological polar surface area (TPSA) is 101 Å². The van der Waals surface area contributed by atoms with E-state index in [9.17, 15) is 4.79 Å². The summed E-state index contributed by atoms with van der Waals surface area (Å²) in [5.74, 6) is 0.641. The minimum absolute atomic E-state index is 0.309. The highest BCUT2D eigenvalue weighted by atomic mass is 16.5. The van der Waals surface area contributed by atoms with Gasteiger partial charge in [0.1, 0.15) is 5.75 Å². The number of nitrogens with one attached hydrogen (secondary N) is 1. The number of ether oxygens (including phenoxy) is 1. The molecule has 3 aromatic rings. The molecule has 0 saturated heterocycles. The number of nitrogens with zero attached hydrogens (tertiary/aromatic N) is 3. The van der Waals surface area contributed by atoms with E-state index >= 15 is 0 Å². The van der Waals surface area contributed by atoms with Crippen molar-refractivity contribution >= 4 is 11.6 Å². The molecule has 1 amide bonds. The van der Waals surface area contributed by atoms with Crippen LogP contribution in [0.4, 0.5) is 5.69 Å². The number of amides is 1. The predicted octanol–water partition coefficient (Wildman–Crippen LogP) is 3.01. The van der Waals surface area contributed by atoms with Crippen molar-refractivity contribution < 1.29 is 13.9 Å². The second kappa shape index (κ2) is 7.27. The summed E-state index contributed by atoms with van der Waals surface area (Å²) in [4.78, 5) is 12.2. The van der Waals surface area contributed by atoms with Gasteiger partial charge in [-0.2, -0.15) is 5.26 Å². The lowest BCUT2D eigenvalue weighted by Crippen LogP contribution is -2.30. The van der Waals surface area contributed by atoms with Crippen LogP contribution in [-0.4, -0.2) is 22.2 Å². The maximum Gasteiger partial charge on any atom is 0.265 e. The molecule has 0 aliphatic heterocycles. The number of carbonyl (C=O) groups is 1. The Balaban J connectivity index is 1.62. The Morgan fingerprint density at radius 1 is 1.28 bits per heavy atom. The third-order valence-corrected chi connectivity index (χ3v) is 3.40. The monoisotopic (exact) mass is 334 g/mol. The van der Waals surface area contributed by atoms with Crippen LogP contribution in [0.15, 0.2) is 59.3 Å². The van der Waals surface area contributed by atoms with Gasteiger partial charge in [-0.3, -0.25) is 4.79 Å². The fourth-order valence-electron chi connectivity index (χ4n) is 2.14. The van der Waals surface area contributed by atoms with Crippen molar-refractivity contribution in [3.63, 3.8) is 0 Å². The molecule has 1 aromatic heterocycles. The maximum absolute atomic E-state index is 12.2. The molecule has 2 aromatic carbocycles. The lowest BCUT2D eigenvalue weighted by atomic mass is 10.2. The lowest BCUT2D eigenvalue weighted by molar-refractivity contribution is -0.122. The third kappa shape index (κ3) is 4.00. The molecule has 0 radical (unpaired) electrons. The van der Waals surface area contributed by atoms with Crippen LogP contribution < -0.4 is 10.1 Å². The summed E-state index contributed by atoms with van der Waals surface area (Å²) >= 11 is 0. The van der Waals surface area contributed by atoms with Crippen molar-refractivity contribution in [3.8, 4) is 23.3 Å². The number of anilines is 1. The zero-order valence-electron chi connectivity index (χ0n) is 13.3. The molecule has 0 unspecified atom stereocenters. The Labute approximate surface area is 143 Å². The predicted molar refractivity (Wildman–Crippen MR) is 89.6 cm³/mol. The molecular formula is C18H14N4O3. The van der Waals surface area contributed by atoms with Crippen molar-refractivity contribution in [2.75, 3.05) is 5.32 Å². The van der Waals surface area contributed by atoms with E-state index in [4.69, 9.17) is 14.4 Å².